The minimum atomic E-state index is -0.608. The van der Waals surface area contributed by atoms with Crippen LogP contribution in [0.2, 0.25) is 0 Å². The van der Waals surface area contributed by atoms with Crippen LogP contribution in [0.25, 0.3) is 5.57 Å². The number of ketones is 1. The van der Waals surface area contributed by atoms with Gasteiger partial charge in [-0.1, -0.05) is 30.3 Å². The second-order valence-electron chi connectivity index (χ2n) is 2.78. The van der Waals surface area contributed by atoms with Crippen LogP contribution in [0.5, 0.6) is 0 Å². The average molecular weight is 178 g/mol. The van der Waals surface area contributed by atoms with Crippen LogP contribution in [0, 0.1) is 0 Å². The predicted molar refractivity (Wildman–Crippen MR) is 51.1 cm³/mol. The van der Waals surface area contributed by atoms with E-state index in [0.29, 0.717) is 5.57 Å². The zero-order chi connectivity index (χ0) is 9.68. The molecule has 0 aliphatic carbocycles. The van der Waals surface area contributed by atoms with Gasteiger partial charge in [-0.25, -0.2) is 4.39 Å². The van der Waals surface area contributed by atoms with Crippen LogP contribution >= 0.6 is 0 Å². The summed E-state index contributed by atoms with van der Waals surface area (Å²) >= 11 is 0. The number of hydrogen-bond acceptors (Lipinski definition) is 1. The Morgan fingerprint density at radius 2 is 2.00 bits per heavy atom. The largest absolute Gasteiger partial charge is 0.295 e. The van der Waals surface area contributed by atoms with E-state index in [1.54, 1.807) is 12.1 Å². The van der Waals surface area contributed by atoms with Gasteiger partial charge in [-0.3, -0.25) is 4.79 Å². The van der Waals surface area contributed by atoms with Crippen molar-refractivity contribution in [2.75, 3.05) is 6.67 Å². The number of halogens is 1. The lowest BCUT2D eigenvalue weighted by Crippen LogP contribution is -1.91. The monoisotopic (exact) mass is 178 g/mol. The van der Waals surface area contributed by atoms with Crippen molar-refractivity contribution in [2.24, 2.45) is 0 Å². The topological polar surface area (TPSA) is 17.1 Å². The highest BCUT2D eigenvalue weighted by atomic mass is 19.1. The SMILES string of the molecule is CC(=O)/C=C(\CF)c1ccccc1. The molecule has 0 aromatic heterocycles. The summed E-state index contributed by atoms with van der Waals surface area (Å²) in [5.74, 6) is -0.128. The summed E-state index contributed by atoms with van der Waals surface area (Å²) in [6.45, 7) is 0.808. The zero-order valence-electron chi connectivity index (χ0n) is 7.46. The molecule has 1 aromatic rings. The van der Waals surface area contributed by atoms with Gasteiger partial charge in [-0.2, -0.15) is 0 Å². The first kappa shape index (κ1) is 9.65. The third-order valence-corrected chi connectivity index (χ3v) is 1.67. The summed E-state index contributed by atoms with van der Waals surface area (Å²) in [5, 5.41) is 0. The maximum absolute atomic E-state index is 12.5. The third kappa shape index (κ3) is 2.82. The Bertz CT molecular complexity index is 314. The fourth-order valence-corrected chi connectivity index (χ4v) is 1.10. The Kier molecular flexibility index (Phi) is 3.38. The molecule has 13 heavy (non-hydrogen) atoms. The Labute approximate surface area is 76.9 Å². The summed E-state index contributed by atoms with van der Waals surface area (Å²) in [7, 11) is 0. The molecule has 2 heteroatoms. The third-order valence-electron chi connectivity index (χ3n) is 1.67. The average Bonchev–Trinajstić information content (AvgIpc) is 2.15. The van der Waals surface area contributed by atoms with Gasteiger partial charge in [0.05, 0.1) is 0 Å². The van der Waals surface area contributed by atoms with Crippen LogP contribution < -0.4 is 0 Å². The number of carbonyl (C=O) groups is 1. The highest BCUT2D eigenvalue weighted by Crippen LogP contribution is 2.14. The van der Waals surface area contributed by atoms with Gasteiger partial charge in [0.15, 0.2) is 5.78 Å². The van der Waals surface area contributed by atoms with Gasteiger partial charge in [0.2, 0.25) is 0 Å². The van der Waals surface area contributed by atoms with E-state index in [2.05, 4.69) is 0 Å². The zero-order valence-corrected chi connectivity index (χ0v) is 7.46. The number of allylic oxidation sites excluding steroid dienone is 2. The molecule has 0 aliphatic heterocycles. The molecule has 68 valence electrons. The molecule has 0 radical (unpaired) electrons. The molecule has 0 bridgehead atoms. The lowest BCUT2D eigenvalue weighted by molar-refractivity contribution is -0.112. The van der Waals surface area contributed by atoms with E-state index in [4.69, 9.17) is 0 Å². The molecule has 0 saturated heterocycles. The van der Waals surface area contributed by atoms with Crippen LogP contribution in [-0.2, 0) is 4.79 Å². The van der Waals surface area contributed by atoms with Crippen LogP contribution in [-0.4, -0.2) is 12.5 Å². The first-order valence-corrected chi connectivity index (χ1v) is 4.06. The van der Waals surface area contributed by atoms with Crippen molar-refractivity contribution >= 4 is 11.4 Å². The lowest BCUT2D eigenvalue weighted by atomic mass is 10.1. The van der Waals surface area contributed by atoms with E-state index in [0.717, 1.165) is 5.56 Å². The molecule has 1 rings (SSSR count). The summed E-state index contributed by atoms with van der Waals surface area (Å²) in [5.41, 5.74) is 1.20. The molecular formula is C11H11FO. The highest BCUT2D eigenvalue weighted by Gasteiger charge is 2.00. The van der Waals surface area contributed by atoms with E-state index in [1.165, 1.54) is 13.0 Å². The predicted octanol–water partition coefficient (Wildman–Crippen LogP) is 2.63. The van der Waals surface area contributed by atoms with Crippen molar-refractivity contribution in [2.45, 2.75) is 6.92 Å². The van der Waals surface area contributed by atoms with E-state index in [1.807, 2.05) is 18.2 Å². The van der Waals surface area contributed by atoms with Gasteiger partial charge in [0, 0.05) is 0 Å². The number of carbonyl (C=O) groups excluding carboxylic acids is 1. The summed E-state index contributed by atoms with van der Waals surface area (Å²) in [4.78, 5) is 10.7. The minimum absolute atomic E-state index is 0.128. The molecule has 0 unspecified atom stereocenters. The molecule has 0 amide bonds. The fraction of sp³-hybridized carbons (Fsp3) is 0.182. The molecule has 0 saturated carbocycles. The van der Waals surface area contributed by atoms with Crippen molar-refractivity contribution in [3.05, 3.63) is 42.0 Å². The fourth-order valence-electron chi connectivity index (χ4n) is 1.10. The van der Waals surface area contributed by atoms with E-state index in [-0.39, 0.29) is 5.78 Å². The molecule has 0 N–H and O–H groups in total. The van der Waals surface area contributed by atoms with Crippen molar-refractivity contribution in [3.63, 3.8) is 0 Å². The molecule has 1 nitrogen and oxygen atoms in total. The van der Waals surface area contributed by atoms with Crippen molar-refractivity contribution in [3.8, 4) is 0 Å². The lowest BCUT2D eigenvalue weighted by Gasteiger charge is -2.00. The smallest absolute Gasteiger partial charge is 0.153 e. The normalized spacial score (nSPS) is 11.4. The quantitative estimate of drug-likeness (QED) is 0.650. The van der Waals surface area contributed by atoms with Crippen LogP contribution in [0.15, 0.2) is 36.4 Å². The second kappa shape index (κ2) is 4.55. The molecule has 0 spiro atoms. The van der Waals surface area contributed by atoms with E-state index >= 15 is 0 Å². The minimum Gasteiger partial charge on any atom is -0.295 e. The molecular weight excluding hydrogens is 167 g/mol. The Morgan fingerprint density at radius 3 is 2.46 bits per heavy atom. The Balaban J connectivity index is 2.98. The summed E-state index contributed by atoms with van der Waals surface area (Å²) in [6.07, 6.45) is 1.33. The Morgan fingerprint density at radius 1 is 1.38 bits per heavy atom. The highest BCUT2D eigenvalue weighted by molar-refractivity contribution is 5.95. The van der Waals surface area contributed by atoms with Crippen molar-refractivity contribution in [1.82, 2.24) is 0 Å². The summed E-state index contributed by atoms with van der Waals surface area (Å²) < 4.78 is 12.5. The van der Waals surface area contributed by atoms with Crippen LogP contribution in [0.1, 0.15) is 12.5 Å². The standard InChI is InChI=1S/C11H11FO/c1-9(13)7-11(8-12)10-5-3-2-4-6-10/h2-7H,8H2,1H3/b11-7+. The number of benzene rings is 1. The van der Waals surface area contributed by atoms with E-state index < -0.39 is 6.67 Å². The van der Waals surface area contributed by atoms with Crippen LogP contribution in [0.4, 0.5) is 4.39 Å². The molecule has 0 heterocycles. The maximum atomic E-state index is 12.5. The van der Waals surface area contributed by atoms with Crippen LogP contribution in [0.3, 0.4) is 0 Å². The second-order valence-corrected chi connectivity index (χ2v) is 2.78. The van der Waals surface area contributed by atoms with Gasteiger partial charge in [-0.05, 0) is 24.1 Å². The first-order chi connectivity index (χ1) is 6.24. The summed E-state index contributed by atoms with van der Waals surface area (Å²) in [6, 6.07) is 9.06. The van der Waals surface area contributed by atoms with Gasteiger partial charge >= 0.3 is 0 Å². The van der Waals surface area contributed by atoms with E-state index in [9.17, 15) is 9.18 Å². The first-order valence-electron chi connectivity index (χ1n) is 4.06. The number of hydrogen-bond donors (Lipinski definition) is 0. The van der Waals surface area contributed by atoms with Crippen molar-refractivity contribution in [1.29, 1.82) is 0 Å². The molecule has 0 atom stereocenters. The van der Waals surface area contributed by atoms with Gasteiger partial charge in [0.1, 0.15) is 6.67 Å². The molecule has 0 fully saturated rings. The number of alkyl halides is 1. The van der Waals surface area contributed by atoms with Gasteiger partial charge < -0.3 is 0 Å². The van der Waals surface area contributed by atoms with Gasteiger partial charge in [0.25, 0.3) is 0 Å². The molecule has 0 aliphatic rings. The maximum Gasteiger partial charge on any atom is 0.153 e. The Hall–Kier alpha value is -1.44. The van der Waals surface area contributed by atoms with Crippen molar-refractivity contribution < 1.29 is 9.18 Å². The van der Waals surface area contributed by atoms with Gasteiger partial charge in [-0.15, -0.1) is 0 Å². The number of rotatable bonds is 3. The molecule has 1 aromatic carbocycles.